The Morgan fingerprint density at radius 2 is 1.55 bits per heavy atom. The van der Waals surface area contributed by atoms with E-state index in [2.05, 4.69) is 25.7 Å². The number of carbonyl (C=O) groups excluding carboxylic acids is 1. The normalized spacial score (nSPS) is 11.6. The van der Waals surface area contributed by atoms with Gasteiger partial charge in [-0.15, -0.1) is 0 Å². The molecule has 0 atom stereocenters. The van der Waals surface area contributed by atoms with E-state index < -0.39 is 12.1 Å². The standard InChI is InChI=1S/C20H25NO3.C2HF3O2/c1-20(2,3)21(12-15-7-5-4-6-8-15)13-19(24)16-9-10-18(23)17(11-16)14-22;3-2(4,5)1(6)7/h4-11,22-23H,12-14H2,1-3H3;(H,6,7). The molecule has 0 aliphatic heterocycles. The van der Waals surface area contributed by atoms with Crippen LogP contribution in [0.15, 0.2) is 48.5 Å². The molecule has 170 valence electrons. The Kier molecular flexibility index (Phi) is 9.20. The first kappa shape index (κ1) is 26.1. The fourth-order valence-corrected chi connectivity index (χ4v) is 2.48. The number of nitrogens with zero attached hydrogens (tertiary/aromatic N) is 1. The minimum atomic E-state index is -5.08. The molecule has 0 bridgehead atoms. The predicted octanol–water partition coefficient (Wildman–Crippen LogP) is 4.00. The van der Waals surface area contributed by atoms with E-state index in [0.717, 1.165) is 5.56 Å². The summed E-state index contributed by atoms with van der Waals surface area (Å²) in [6.45, 7) is 6.91. The number of Topliss-reactive ketones (excluding diaryl/α,β-unsaturated/α-hetero) is 1. The van der Waals surface area contributed by atoms with Gasteiger partial charge in [0.05, 0.1) is 13.2 Å². The quantitative estimate of drug-likeness (QED) is 0.586. The van der Waals surface area contributed by atoms with Gasteiger partial charge in [-0.25, -0.2) is 4.79 Å². The van der Waals surface area contributed by atoms with Crippen LogP contribution in [0.25, 0.3) is 0 Å². The maximum atomic E-state index is 12.7. The van der Waals surface area contributed by atoms with Crippen LogP contribution in [0, 0.1) is 0 Å². The summed E-state index contributed by atoms with van der Waals surface area (Å²) in [5.41, 5.74) is 1.86. The molecule has 0 saturated heterocycles. The number of benzene rings is 2. The van der Waals surface area contributed by atoms with Crippen molar-refractivity contribution in [3.8, 4) is 5.75 Å². The van der Waals surface area contributed by atoms with Crippen molar-refractivity contribution in [2.24, 2.45) is 0 Å². The summed E-state index contributed by atoms with van der Waals surface area (Å²) in [6, 6.07) is 14.7. The number of ketones is 1. The number of alkyl halides is 3. The van der Waals surface area contributed by atoms with Gasteiger partial charge >= 0.3 is 12.1 Å². The molecule has 0 heterocycles. The van der Waals surface area contributed by atoms with Gasteiger partial charge in [-0.05, 0) is 44.5 Å². The molecule has 0 amide bonds. The average Bonchev–Trinajstić information content (AvgIpc) is 2.67. The number of halogens is 3. The van der Waals surface area contributed by atoms with Crippen molar-refractivity contribution in [2.75, 3.05) is 6.54 Å². The lowest BCUT2D eigenvalue weighted by Gasteiger charge is -2.35. The molecule has 6 nitrogen and oxygen atoms in total. The van der Waals surface area contributed by atoms with E-state index in [1.54, 1.807) is 12.1 Å². The van der Waals surface area contributed by atoms with Crippen LogP contribution in [0.4, 0.5) is 13.2 Å². The molecule has 2 aromatic carbocycles. The van der Waals surface area contributed by atoms with Crippen LogP contribution in [0.2, 0.25) is 0 Å². The Labute approximate surface area is 178 Å². The Balaban J connectivity index is 0.000000592. The van der Waals surface area contributed by atoms with Gasteiger partial charge in [0, 0.05) is 23.2 Å². The Bertz CT molecular complexity index is 877. The summed E-state index contributed by atoms with van der Waals surface area (Å²) in [7, 11) is 0. The molecule has 0 radical (unpaired) electrons. The summed E-state index contributed by atoms with van der Waals surface area (Å²) >= 11 is 0. The maximum Gasteiger partial charge on any atom is 0.490 e. The van der Waals surface area contributed by atoms with Crippen molar-refractivity contribution in [3.63, 3.8) is 0 Å². The molecule has 0 spiro atoms. The first-order chi connectivity index (χ1) is 14.3. The van der Waals surface area contributed by atoms with Crippen molar-refractivity contribution in [1.82, 2.24) is 4.90 Å². The highest BCUT2D eigenvalue weighted by atomic mass is 19.4. The Morgan fingerprint density at radius 1 is 1.00 bits per heavy atom. The lowest BCUT2D eigenvalue weighted by atomic mass is 10.0. The van der Waals surface area contributed by atoms with Gasteiger partial charge in [0.1, 0.15) is 5.75 Å². The third-order valence-corrected chi connectivity index (χ3v) is 4.31. The number of aromatic hydroxyl groups is 1. The smallest absolute Gasteiger partial charge is 0.490 e. The number of carboxylic acids is 1. The molecule has 0 saturated carbocycles. The van der Waals surface area contributed by atoms with E-state index in [1.807, 2.05) is 30.3 Å². The summed E-state index contributed by atoms with van der Waals surface area (Å²) < 4.78 is 31.7. The largest absolute Gasteiger partial charge is 0.508 e. The zero-order valence-corrected chi connectivity index (χ0v) is 17.5. The monoisotopic (exact) mass is 441 g/mol. The lowest BCUT2D eigenvalue weighted by Crippen LogP contribution is -2.43. The number of aliphatic hydroxyl groups excluding tert-OH is 1. The van der Waals surface area contributed by atoms with Crippen LogP contribution < -0.4 is 0 Å². The van der Waals surface area contributed by atoms with E-state index in [-0.39, 0.29) is 30.2 Å². The summed E-state index contributed by atoms with van der Waals surface area (Å²) in [5, 5.41) is 26.0. The van der Waals surface area contributed by atoms with Crippen molar-refractivity contribution in [1.29, 1.82) is 0 Å². The number of phenols is 1. The zero-order chi connectivity index (χ0) is 23.8. The Morgan fingerprint density at radius 3 is 2.00 bits per heavy atom. The molecule has 31 heavy (non-hydrogen) atoms. The van der Waals surface area contributed by atoms with E-state index in [0.29, 0.717) is 17.7 Å². The molecular formula is C22H26F3NO5. The van der Waals surface area contributed by atoms with Crippen LogP contribution in [0.1, 0.15) is 42.3 Å². The van der Waals surface area contributed by atoms with Crippen LogP contribution in [-0.4, -0.2) is 50.2 Å². The van der Waals surface area contributed by atoms with Gasteiger partial charge in [0.25, 0.3) is 0 Å². The minimum absolute atomic E-state index is 0.00557. The van der Waals surface area contributed by atoms with Gasteiger partial charge in [0.15, 0.2) is 5.78 Å². The van der Waals surface area contributed by atoms with Crippen LogP contribution in [0.5, 0.6) is 5.75 Å². The third-order valence-electron chi connectivity index (χ3n) is 4.31. The van der Waals surface area contributed by atoms with Crippen molar-refractivity contribution < 1.29 is 38.1 Å². The molecule has 0 unspecified atom stereocenters. The molecule has 0 aliphatic carbocycles. The summed E-state index contributed by atoms with van der Waals surface area (Å²) in [5.74, 6) is -2.78. The topological polar surface area (TPSA) is 98.1 Å². The van der Waals surface area contributed by atoms with E-state index in [1.165, 1.54) is 6.07 Å². The predicted molar refractivity (Wildman–Crippen MR) is 109 cm³/mol. The maximum absolute atomic E-state index is 12.7. The van der Waals surface area contributed by atoms with Crippen molar-refractivity contribution in [3.05, 3.63) is 65.2 Å². The molecule has 2 aromatic rings. The first-order valence-electron chi connectivity index (χ1n) is 9.30. The molecule has 0 aromatic heterocycles. The van der Waals surface area contributed by atoms with Crippen molar-refractivity contribution >= 4 is 11.8 Å². The fraction of sp³-hybridized carbons (Fsp3) is 0.364. The number of carbonyl (C=O) groups is 2. The molecule has 9 heteroatoms. The Hall–Kier alpha value is -2.91. The molecule has 0 aliphatic rings. The number of carboxylic acid groups (broad SMARTS) is 1. The second-order valence-electron chi connectivity index (χ2n) is 7.74. The van der Waals surface area contributed by atoms with Gasteiger partial charge < -0.3 is 15.3 Å². The second-order valence-corrected chi connectivity index (χ2v) is 7.74. The number of hydrogen-bond donors (Lipinski definition) is 3. The number of rotatable bonds is 6. The highest BCUT2D eigenvalue weighted by Crippen LogP contribution is 2.21. The minimum Gasteiger partial charge on any atom is -0.508 e. The van der Waals surface area contributed by atoms with Crippen molar-refractivity contribution in [2.45, 2.75) is 45.6 Å². The molecular weight excluding hydrogens is 415 g/mol. The van der Waals surface area contributed by atoms with Crippen LogP contribution >= 0.6 is 0 Å². The average molecular weight is 441 g/mol. The summed E-state index contributed by atoms with van der Waals surface area (Å²) in [4.78, 5) is 23.7. The molecule has 3 N–H and O–H groups in total. The van der Waals surface area contributed by atoms with Crippen LogP contribution in [0.3, 0.4) is 0 Å². The molecule has 0 fully saturated rings. The highest BCUT2D eigenvalue weighted by Gasteiger charge is 2.38. The van der Waals surface area contributed by atoms with E-state index in [4.69, 9.17) is 9.90 Å². The summed E-state index contributed by atoms with van der Waals surface area (Å²) in [6.07, 6.45) is -5.08. The fourth-order valence-electron chi connectivity index (χ4n) is 2.48. The first-order valence-corrected chi connectivity index (χ1v) is 9.30. The zero-order valence-electron chi connectivity index (χ0n) is 17.5. The van der Waals surface area contributed by atoms with Gasteiger partial charge in [0.2, 0.25) is 0 Å². The van der Waals surface area contributed by atoms with Gasteiger partial charge in [-0.2, -0.15) is 13.2 Å². The number of hydrogen-bond acceptors (Lipinski definition) is 5. The van der Waals surface area contributed by atoms with Gasteiger partial charge in [-0.1, -0.05) is 30.3 Å². The number of aliphatic hydroxyl groups is 1. The van der Waals surface area contributed by atoms with Crippen LogP contribution in [-0.2, 0) is 17.9 Å². The van der Waals surface area contributed by atoms with Gasteiger partial charge in [-0.3, -0.25) is 9.69 Å². The van der Waals surface area contributed by atoms with E-state index >= 15 is 0 Å². The third kappa shape index (κ3) is 8.77. The highest BCUT2D eigenvalue weighted by molar-refractivity contribution is 5.98. The molecule has 2 rings (SSSR count). The second kappa shape index (κ2) is 10.9. The van der Waals surface area contributed by atoms with E-state index in [9.17, 15) is 28.2 Å². The SMILES string of the molecule is CC(C)(C)N(CC(=O)c1ccc(O)c(CO)c1)Cc1ccccc1.O=C(O)C(F)(F)F. The lowest BCUT2D eigenvalue weighted by molar-refractivity contribution is -0.192. The number of aliphatic carboxylic acids is 1.